The maximum absolute atomic E-state index is 5.85. The Morgan fingerprint density at radius 1 is 0.306 bits per heavy atom. The van der Waals surface area contributed by atoms with Crippen LogP contribution in [-0.2, 0) is 12.8 Å². The predicted octanol–water partition coefficient (Wildman–Crippen LogP) is 13.6. The maximum atomic E-state index is 5.85. The monoisotopic (exact) mass is 659 g/mol. The van der Waals surface area contributed by atoms with Gasteiger partial charge in [-0.05, 0) is 83.3 Å². The molecular formula is C47H66N2. The van der Waals surface area contributed by atoms with Crippen molar-refractivity contribution in [2.24, 2.45) is 0 Å². The molecule has 2 atom stereocenters. The second-order valence-electron chi connectivity index (χ2n) is 14.8. The molecule has 0 fully saturated rings. The van der Waals surface area contributed by atoms with Gasteiger partial charge in [-0.2, -0.15) is 0 Å². The van der Waals surface area contributed by atoms with E-state index < -0.39 is 0 Å². The topological polar surface area (TPSA) is 52.0 Å². The molecule has 0 aliphatic heterocycles. The number of nitrogen functional groups attached to an aromatic ring is 2. The molecule has 0 aromatic heterocycles. The number of hydrogen-bond acceptors (Lipinski definition) is 2. The Labute approximate surface area is 300 Å². The Balaban J connectivity index is 0.886. The normalized spacial score (nSPS) is 12.6. The number of aryl methyl sites for hydroxylation is 2. The van der Waals surface area contributed by atoms with E-state index in [1.54, 1.807) is 0 Å². The lowest BCUT2D eigenvalue weighted by Gasteiger charge is -2.13. The van der Waals surface area contributed by atoms with Gasteiger partial charge in [-0.15, -0.1) is 0 Å². The number of unbranched alkanes of at least 4 members (excludes halogenated alkanes) is 16. The van der Waals surface area contributed by atoms with Crippen molar-refractivity contribution >= 4 is 11.4 Å². The third kappa shape index (κ3) is 14.5. The van der Waals surface area contributed by atoms with Crippen molar-refractivity contribution in [1.29, 1.82) is 0 Å². The van der Waals surface area contributed by atoms with E-state index in [0.29, 0.717) is 11.8 Å². The van der Waals surface area contributed by atoms with Crippen molar-refractivity contribution in [1.82, 2.24) is 0 Å². The number of benzene rings is 4. The van der Waals surface area contributed by atoms with E-state index in [1.807, 2.05) is 24.3 Å². The van der Waals surface area contributed by atoms with Gasteiger partial charge in [-0.3, -0.25) is 0 Å². The SMILES string of the molecule is CC(c1ccc(N)cc1)c1ccc(CCCCCCCCCCCCCCCCCCCc2ccc(C(C)c3ccc(N)cc3)cc2)cc1. The molecule has 4 N–H and O–H groups in total. The molecule has 0 heterocycles. The summed E-state index contributed by atoms with van der Waals surface area (Å²) < 4.78 is 0. The Morgan fingerprint density at radius 2 is 0.510 bits per heavy atom. The van der Waals surface area contributed by atoms with Gasteiger partial charge in [0.1, 0.15) is 0 Å². The van der Waals surface area contributed by atoms with Crippen LogP contribution in [0.25, 0.3) is 0 Å². The summed E-state index contributed by atoms with van der Waals surface area (Å²) in [6.07, 6.45) is 26.3. The summed E-state index contributed by atoms with van der Waals surface area (Å²) >= 11 is 0. The molecule has 2 nitrogen and oxygen atoms in total. The largest absolute Gasteiger partial charge is 0.399 e. The van der Waals surface area contributed by atoms with E-state index in [2.05, 4.69) is 86.6 Å². The molecule has 4 aromatic rings. The Kier molecular flexibility index (Phi) is 17.4. The van der Waals surface area contributed by atoms with Gasteiger partial charge < -0.3 is 11.5 Å². The molecule has 49 heavy (non-hydrogen) atoms. The summed E-state index contributed by atoms with van der Waals surface area (Å²) in [7, 11) is 0. The lowest BCUT2D eigenvalue weighted by molar-refractivity contribution is 0.525. The van der Waals surface area contributed by atoms with Crippen LogP contribution in [0.5, 0.6) is 0 Å². The fraction of sp³-hybridized carbons (Fsp3) is 0.489. The lowest BCUT2D eigenvalue weighted by atomic mass is 9.92. The molecule has 4 rings (SSSR count). The van der Waals surface area contributed by atoms with Gasteiger partial charge in [0.2, 0.25) is 0 Å². The first-order valence-electron chi connectivity index (χ1n) is 19.9. The number of hydrogen-bond donors (Lipinski definition) is 2. The third-order valence-electron chi connectivity index (χ3n) is 10.8. The van der Waals surface area contributed by atoms with Crippen molar-refractivity contribution in [2.45, 2.75) is 148 Å². The van der Waals surface area contributed by atoms with Crippen LogP contribution < -0.4 is 11.5 Å². The Hall–Kier alpha value is -3.52. The molecular weight excluding hydrogens is 593 g/mol. The van der Waals surface area contributed by atoms with Gasteiger partial charge in [0.15, 0.2) is 0 Å². The van der Waals surface area contributed by atoms with Gasteiger partial charge in [0.05, 0.1) is 0 Å². The van der Waals surface area contributed by atoms with Crippen LogP contribution in [-0.4, -0.2) is 0 Å². The van der Waals surface area contributed by atoms with E-state index in [1.165, 1.54) is 155 Å². The van der Waals surface area contributed by atoms with E-state index in [0.717, 1.165) is 11.4 Å². The van der Waals surface area contributed by atoms with Crippen LogP contribution in [0.4, 0.5) is 11.4 Å². The highest BCUT2D eigenvalue weighted by Crippen LogP contribution is 2.27. The Bertz CT molecular complexity index is 1290. The highest BCUT2D eigenvalue weighted by atomic mass is 14.5. The molecule has 2 heteroatoms. The van der Waals surface area contributed by atoms with Crippen LogP contribution in [0, 0.1) is 0 Å². The molecule has 4 aromatic carbocycles. The van der Waals surface area contributed by atoms with Crippen LogP contribution in [0.2, 0.25) is 0 Å². The molecule has 264 valence electrons. The summed E-state index contributed by atoms with van der Waals surface area (Å²) in [6, 6.07) is 35.1. The molecule has 2 unspecified atom stereocenters. The zero-order valence-electron chi connectivity index (χ0n) is 31.0. The number of anilines is 2. The molecule has 0 aliphatic rings. The molecule has 0 saturated heterocycles. The van der Waals surface area contributed by atoms with Crippen LogP contribution in [0.1, 0.15) is 168 Å². The zero-order valence-corrected chi connectivity index (χ0v) is 31.0. The minimum Gasteiger partial charge on any atom is -0.399 e. The van der Waals surface area contributed by atoms with E-state index in [-0.39, 0.29) is 0 Å². The molecule has 0 amide bonds. The smallest absolute Gasteiger partial charge is 0.0314 e. The molecule has 0 radical (unpaired) electrons. The first kappa shape index (κ1) is 38.3. The van der Waals surface area contributed by atoms with Gasteiger partial charge in [-0.1, -0.05) is 183 Å². The van der Waals surface area contributed by atoms with Crippen LogP contribution >= 0.6 is 0 Å². The van der Waals surface area contributed by atoms with Gasteiger partial charge >= 0.3 is 0 Å². The second kappa shape index (κ2) is 22.2. The van der Waals surface area contributed by atoms with Crippen LogP contribution in [0.3, 0.4) is 0 Å². The summed E-state index contributed by atoms with van der Waals surface area (Å²) in [5, 5.41) is 0. The van der Waals surface area contributed by atoms with Crippen molar-refractivity contribution in [3.63, 3.8) is 0 Å². The third-order valence-corrected chi connectivity index (χ3v) is 10.8. The first-order valence-corrected chi connectivity index (χ1v) is 19.9. The van der Waals surface area contributed by atoms with E-state index in [9.17, 15) is 0 Å². The molecule has 0 bridgehead atoms. The maximum Gasteiger partial charge on any atom is 0.0314 e. The molecule has 0 spiro atoms. The van der Waals surface area contributed by atoms with Crippen LogP contribution in [0.15, 0.2) is 97.1 Å². The highest BCUT2D eigenvalue weighted by Gasteiger charge is 2.09. The summed E-state index contributed by atoms with van der Waals surface area (Å²) in [4.78, 5) is 0. The quantitative estimate of drug-likeness (QED) is 0.0581. The van der Waals surface area contributed by atoms with E-state index >= 15 is 0 Å². The molecule has 0 aliphatic carbocycles. The highest BCUT2D eigenvalue weighted by molar-refractivity contribution is 5.44. The first-order chi connectivity index (χ1) is 24.0. The lowest BCUT2D eigenvalue weighted by Crippen LogP contribution is -1.97. The van der Waals surface area contributed by atoms with Gasteiger partial charge in [0.25, 0.3) is 0 Å². The number of nitrogens with two attached hydrogens (primary N) is 2. The predicted molar refractivity (Wildman–Crippen MR) is 216 cm³/mol. The number of rotatable bonds is 24. The minimum absolute atomic E-state index is 0.402. The fourth-order valence-corrected chi connectivity index (χ4v) is 7.21. The average molecular weight is 659 g/mol. The van der Waals surface area contributed by atoms with Crippen molar-refractivity contribution in [2.75, 3.05) is 11.5 Å². The second-order valence-corrected chi connectivity index (χ2v) is 14.8. The summed E-state index contributed by atoms with van der Waals surface area (Å²) in [5.74, 6) is 0.803. The fourth-order valence-electron chi connectivity index (χ4n) is 7.21. The van der Waals surface area contributed by atoms with Gasteiger partial charge in [-0.25, -0.2) is 0 Å². The summed E-state index contributed by atoms with van der Waals surface area (Å²) in [6.45, 7) is 4.55. The molecule has 0 saturated carbocycles. The average Bonchev–Trinajstić information content (AvgIpc) is 3.13. The van der Waals surface area contributed by atoms with Crippen molar-refractivity contribution in [3.8, 4) is 0 Å². The Morgan fingerprint density at radius 3 is 0.755 bits per heavy atom. The minimum atomic E-state index is 0.402. The summed E-state index contributed by atoms with van der Waals surface area (Å²) in [5.41, 5.74) is 21.7. The van der Waals surface area contributed by atoms with E-state index in [4.69, 9.17) is 11.5 Å². The van der Waals surface area contributed by atoms with Crippen molar-refractivity contribution in [3.05, 3.63) is 130 Å². The standard InChI is InChI=1S/C47H66N2/c1-38(44-30-34-46(48)35-31-44)42-26-22-40(23-27-42)20-18-16-14-12-10-8-6-4-3-5-7-9-11-13-15-17-19-21-41-24-28-43(29-25-41)39(2)45-32-36-47(49)37-33-45/h22-39H,3-21,48-49H2,1-2H3. The zero-order chi connectivity index (χ0) is 34.5. The van der Waals surface area contributed by atoms with Gasteiger partial charge in [0, 0.05) is 23.2 Å². The van der Waals surface area contributed by atoms with Crippen molar-refractivity contribution < 1.29 is 0 Å².